The van der Waals surface area contributed by atoms with Crippen molar-refractivity contribution in [3.63, 3.8) is 0 Å². The summed E-state index contributed by atoms with van der Waals surface area (Å²) in [5.41, 5.74) is -0.752. The average molecular weight is 600 g/mol. The molecule has 0 aliphatic carbocycles. The van der Waals surface area contributed by atoms with Crippen molar-refractivity contribution in [2.24, 2.45) is 0 Å². The highest BCUT2D eigenvalue weighted by molar-refractivity contribution is 6.02. The summed E-state index contributed by atoms with van der Waals surface area (Å²) < 4.78 is 84.8. The Balaban J connectivity index is 1.29. The number of amides is 2. The Morgan fingerprint density at radius 3 is 2.42 bits per heavy atom. The second kappa shape index (κ2) is 10.5. The number of benzene rings is 2. The lowest BCUT2D eigenvalue weighted by Gasteiger charge is -2.37. The van der Waals surface area contributed by atoms with Crippen molar-refractivity contribution in [3.8, 4) is 16.9 Å². The van der Waals surface area contributed by atoms with Crippen LogP contribution in [-0.4, -0.2) is 50.6 Å². The number of hydrogen-bond acceptors (Lipinski definition) is 4. The number of pyridine rings is 1. The number of rotatable bonds is 4. The van der Waals surface area contributed by atoms with Gasteiger partial charge in [0.25, 0.3) is 5.91 Å². The van der Waals surface area contributed by atoms with E-state index in [0.29, 0.717) is 35.6 Å². The molecule has 0 N–H and O–H groups in total. The Morgan fingerprint density at radius 1 is 1.00 bits per heavy atom. The van der Waals surface area contributed by atoms with Gasteiger partial charge in [0.05, 0.1) is 23.4 Å². The largest absolute Gasteiger partial charge is 0.419 e. The average Bonchev–Trinajstić information content (AvgIpc) is 3.57. The van der Waals surface area contributed by atoms with E-state index >= 15 is 0 Å². The van der Waals surface area contributed by atoms with Crippen LogP contribution in [0.25, 0.3) is 16.9 Å². The number of aryl methyl sites for hydroxylation is 1. The molecule has 0 atom stereocenters. The van der Waals surface area contributed by atoms with E-state index in [1.54, 1.807) is 31.2 Å². The van der Waals surface area contributed by atoms with Crippen LogP contribution in [-0.2, 0) is 17.4 Å². The third kappa shape index (κ3) is 5.02. The van der Waals surface area contributed by atoms with Gasteiger partial charge >= 0.3 is 6.18 Å². The molecule has 2 amide bonds. The number of nitrogens with zero attached hydrogens (tertiary/aromatic N) is 5. The van der Waals surface area contributed by atoms with Gasteiger partial charge in [-0.05, 0) is 55.2 Å². The minimum absolute atomic E-state index is 0.0494. The Morgan fingerprint density at radius 2 is 1.74 bits per heavy atom. The molecular weight excluding hydrogens is 576 g/mol. The summed E-state index contributed by atoms with van der Waals surface area (Å²) in [6.45, 7) is 2.03. The number of carbonyl (C=O) groups is 2. The van der Waals surface area contributed by atoms with E-state index in [0.717, 1.165) is 4.68 Å². The molecule has 2 aliphatic rings. The van der Waals surface area contributed by atoms with Crippen molar-refractivity contribution in [2.75, 3.05) is 18.0 Å². The van der Waals surface area contributed by atoms with E-state index in [1.165, 1.54) is 28.3 Å². The maximum Gasteiger partial charge on any atom is 0.419 e. The molecule has 0 bridgehead atoms. The van der Waals surface area contributed by atoms with Crippen LogP contribution in [0.3, 0.4) is 0 Å². The van der Waals surface area contributed by atoms with Crippen LogP contribution in [0.2, 0.25) is 0 Å². The first-order valence-corrected chi connectivity index (χ1v) is 13.4. The Bertz CT molecular complexity index is 1750. The van der Waals surface area contributed by atoms with Crippen LogP contribution < -0.4 is 4.90 Å². The highest BCUT2D eigenvalue weighted by Gasteiger charge is 2.39. The summed E-state index contributed by atoms with van der Waals surface area (Å²) in [5.74, 6) is -4.29. The number of halogens is 6. The molecular formula is C30H23F6N5O2. The number of carbonyl (C=O) groups excluding carboxylic acids is 2. The van der Waals surface area contributed by atoms with Crippen LogP contribution in [0.5, 0.6) is 0 Å². The first kappa shape index (κ1) is 28.4. The van der Waals surface area contributed by atoms with Gasteiger partial charge in [0.15, 0.2) is 5.69 Å². The van der Waals surface area contributed by atoms with Crippen molar-refractivity contribution >= 4 is 17.5 Å². The van der Waals surface area contributed by atoms with E-state index in [-0.39, 0.29) is 54.6 Å². The van der Waals surface area contributed by atoms with Crippen LogP contribution in [0.15, 0.2) is 54.9 Å². The Hall–Kier alpha value is -4.68. The summed E-state index contributed by atoms with van der Waals surface area (Å²) in [7, 11) is 0. The topological polar surface area (TPSA) is 71.3 Å². The van der Waals surface area contributed by atoms with E-state index in [1.807, 2.05) is 0 Å². The van der Waals surface area contributed by atoms with Crippen LogP contribution in [0.4, 0.5) is 32.0 Å². The first-order chi connectivity index (χ1) is 20.4. The number of hydrogen-bond donors (Lipinski definition) is 0. The minimum Gasteiger partial charge on any atom is -0.337 e. The Kier molecular flexibility index (Phi) is 6.98. The molecule has 0 saturated carbocycles. The molecule has 43 heavy (non-hydrogen) atoms. The minimum atomic E-state index is -5.11. The summed E-state index contributed by atoms with van der Waals surface area (Å²) in [6, 6.07) is 7.95. The molecule has 13 heteroatoms. The second-order valence-corrected chi connectivity index (χ2v) is 10.5. The number of piperidine rings is 1. The van der Waals surface area contributed by atoms with Gasteiger partial charge in [-0.15, -0.1) is 0 Å². The molecule has 0 unspecified atom stereocenters. The summed E-state index contributed by atoms with van der Waals surface area (Å²) in [4.78, 5) is 33.3. The molecule has 4 aromatic rings. The van der Waals surface area contributed by atoms with Gasteiger partial charge in [-0.3, -0.25) is 14.6 Å². The summed E-state index contributed by atoms with van der Waals surface area (Å²) >= 11 is 0. The molecule has 6 rings (SSSR count). The van der Waals surface area contributed by atoms with Gasteiger partial charge in [0.1, 0.15) is 23.1 Å². The molecule has 222 valence electrons. The highest BCUT2D eigenvalue weighted by atomic mass is 19.4. The lowest BCUT2D eigenvalue weighted by molar-refractivity contribution is -0.140. The zero-order valence-electron chi connectivity index (χ0n) is 22.6. The van der Waals surface area contributed by atoms with Crippen LogP contribution >= 0.6 is 0 Å². The number of alkyl halides is 3. The van der Waals surface area contributed by atoms with E-state index in [9.17, 15) is 35.9 Å². The smallest absolute Gasteiger partial charge is 0.337 e. The maximum atomic E-state index is 15.0. The molecule has 7 nitrogen and oxygen atoms in total. The molecule has 1 fully saturated rings. The molecule has 0 radical (unpaired) electrons. The zero-order valence-corrected chi connectivity index (χ0v) is 22.6. The van der Waals surface area contributed by atoms with Gasteiger partial charge in [0.2, 0.25) is 5.91 Å². The van der Waals surface area contributed by atoms with Crippen molar-refractivity contribution in [1.29, 1.82) is 0 Å². The predicted octanol–water partition coefficient (Wildman–Crippen LogP) is 5.87. The van der Waals surface area contributed by atoms with Crippen molar-refractivity contribution < 1.29 is 35.9 Å². The Labute approximate surface area is 241 Å². The highest BCUT2D eigenvalue weighted by Crippen LogP contribution is 2.38. The number of anilines is 1. The van der Waals surface area contributed by atoms with Crippen LogP contribution in [0, 0.1) is 24.4 Å². The van der Waals surface area contributed by atoms with Crippen molar-refractivity contribution in [2.45, 2.75) is 38.4 Å². The number of fused-ring (bicyclic) bond motifs is 1. The SMILES string of the molecule is Cc1ccc2c(c1F)N(C1CCN(C(=O)c3cc(-c4cccnc4)n(-c4cc(F)c(C(F)(F)F)cc4F)n3)CC1)C(=O)C2. The molecule has 2 aromatic carbocycles. The fourth-order valence-corrected chi connectivity index (χ4v) is 5.66. The lowest BCUT2D eigenvalue weighted by atomic mass is 10.0. The number of aromatic nitrogens is 3. The van der Waals surface area contributed by atoms with Crippen molar-refractivity contribution in [1.82, 2.24) is 19.7 Å². The molecule has 2 aliphatic heterocycles. The standard InChI is InChI=1S/C30H23F6N5O2/c1-16-4-5-17-11-26(42)40(28(17)27(16)33)19-6-9-39(10-7-19)29(43)23-14-24(18-3-2-8-37-15-18)41(38-23)25-13-21(31)20(12-22(25)32)30(34,35)36/h2-5,8,12-15,19H,6-7,9-11H2,1H3. The quantitative estimate of drug-likeness (QED) is 0.275. The predicted molar refractivity (Wildman–Crippen MR) is 143 cm³/mol. The molecule has 4 heterocycles. The summed E-state index contributed by atoms with van der Waals surface area (Å²) in [6.07, 6.45) is -1.44. The van der Waals surface area contributed by atoms with Gasteiger partial charge in [-0.1, -0.05) is 12.1 Å². The lowest BCUT2D eigenvalue weighted by Crippen LogP contribution is -2.48. The van der Waals surface area contributed by atoms with Crippen LogP contribution in [0.1, 0.15) is 40.0 Å². The third-order valence-corrected chi connectivity index (χ3v) is 7.82. The second-order valence-electron chi connectivity index (χ2n) is 10.5. The van der Waals surface area contributed by atoms with Gasteiger partial charge in [-0.25, -0.2) is 17.9 Å². The fourth-order valence-electron chi connectivity index (χ4n) is 5.66. The van der Waals surface area contributed by atoms with Crippen molar-refractivity contribution in [3.05, 3.63) is 94.7 Å². The monoisotopic (exact) mass is 599 g/mol. The maximum absolute atomic E-state index is 15.0. The normalized spacial score (nSPS) is 15.7. The van der Waals surface area contributed by atoms with E-state index in [4.69, 9.17) is 0 Å². The summed E-state index contributed by atoms with van der Waals surface area (Å²) in [5, 5.41) is 4.18. The van der Waals surface area contributed by atoms with Gasteiger partial charge in [-0.2, -0.15) is 18.3 Å². The fraction of sp³-hybridized carbons (Fsp3) is 0.267. The van der Waals surface area contributed by atoms with Gasteiger partial charge < -0.3 is 9.80 Å². The molecule has 0 spiro atoms. The van der Waals surface area contributed by atoms with E-state index < -0.39 is 40.8 Å². The van der Waals surface area contributed by atoms with Gasteiger partial charge in [0, 0.05) is 43.2 Å². The third-order valence-electron chi connectivity index (χ3n) is 7.82. The van der Waals surface area contributed by atoms with E-state index in [2.05, 4.69) is 10.1 Å². The molecule has 1 saturated heterocycles. The molecule has 2 aromatic heterocycles. The zero-order chi connectivity index (χ0) is 30.6. The number of likely N-dealkylation sites (tertiary alicyclic amines) is 1. The first-order valence-electron chi connectivity index (χ1n) is 13.4.